The van der Waals surface area contributed by atoms with Gasteiger partial charge in [0.1, 0.15) is 5.82 Å². The highest BCUT2D eigenvalue weighted by Gasteiger charge is 2.31. The fraction of sp³-hybridized carbons (Fsp3) is 0.143. The number of pyridine rings is 1. The second-order valence-electron chi connectivity index (χ2n) is 4.93. The largest absolute Gasteiger partial charge is 0.416 e. The van der Waals surface area contributed by atoms with Crippen molar-refractivity contribution in [3.63, 3.8) is 0 Å². The van der Waals surface area contributed by atoms with Crippen LogP contribution >= 0.6 is 0 Å². The number of nitrogens with two attached hydrogens (primary N) is 2. The quantitative estimate of drug-likeness (QED) is 0.724. The first-order valence-corrected chi connectivity index (χ1v) is 6.25. The van der Waals surface area contributed by atoms with Crippen LogP contribution in [0.5, 0.6) is 0 Å². The van der Waals surface area contributed by atoms with E-state index < -0.39 is 17.6 Å². The standard InChI is InChI=1S/C14H11F3N4O/c1-21-9-4-6(14(15,16)17)2-3-7(9)10-11(21)8(13(19)22)5-20-12(10)18/h2-5H,1H3,(H2,18,20)(H2,19,22). The van der Waals surface area contributed by atoms with Crippen molar-refractivity contribution in [3.8, 4) is 0 Å². The third kappa shape index (κ3) is 1.87. The zero-order valence-corrected chi connectivity index (χ0v) is 11.4. The number of nitrogen functional groups attached to an aromatic ring is 1. The summed E-state index contributed by atoms with van der Waals surface area (Å²) >= 11 is 0. The Kier molecular flexibility index (Phi) is 2.81. The number of anilines is 1. The molecule has 3 aromatic rings. The molecule has 2 heterocycles. The first kappa shape index (κ1) is 14.2. The molecule has 0 unspecified atom stereocenters. The number of benzene rings is 1. The van der Waals surface area contributed by atoms with Crippen molar-refractivity contribution in [2.24, 2.45) is 12.8 Å². The predicted octanol–water partition coefficient (Wildman–Crippen LogP) is 2.43. The highest BCUT2D eigenvalue weighted by Crippen LogP contribution is 2.37. The normalized spacial score (nSPS) is 12.2. The fourth-order valence-electron chi connectivity index (χ4n) is 2.63. The SMILES string of the molecule is Cn1c2cc(C(F)(F)F)ccc2c2c(N)ncc(C(N)=O)c21. The summed E-state index contributed by atoms with van der Waals surface area (Å²) in [6.07, 6.45) is -3.23. The van der Waals surface area contributed by atoms with Crippen molar-refractivity contribution < 1.29 is 18.0 Å². The summed E-state index contributed by atoms with van der Waals surface area (Å²) in [5.41, 5.74) is 11.1. The van der Waals surface area contributed by atoms with Crippen molar-refractivity contribution in [3.05, 3.63) is 35.5 Å². The molecule has 1 aromatic carbocycles. The van der Waals surface area contributed by atoms with Crippen LogP contribution < -0.4 is 11.5 Å². The number of rotatable bonds is 1. The number of amides is 1. The van der Waals surface area contributed by atoms with Crippen LogP contribution in [0, 0.1) is 0 Å². The van der Waals surface area contributed by atoms with E-state index in [2.05, 4.69) is 4.98 Å². The summed E-state index contributed by atoms with van der Waals surface area (Å²) in [5.74, 6) is -0.593. The lowest BCUT2D eigenvalue weighted by molar-refractivity contribution is -0.137. The molecule has 114 valence electrons. The Bertz CT molecular complexity index is 927. The third-order valence-electron chi connectivity index (χ3n) is 3.64. The molecule has 0 radical (unpaired) electrons. The lowest BCUT2D eigenvalue weighted by Gasteiger charge is -2.07. The Morgan fingerprint density at radius 2 is 2.00 bits per heavy atom. The average Bonchev–Trinajstić information content (AvgIpc) is 2.72. The maximum absolute atomic E-state index is 12.9. The van der Waals surface area contributed by atoms with Gasteiger partial charge in [0.25, 0.3) is 5.91 Å². The van der Waals surface area contributed by atoms with Gasteiger partial charge in [0, 0.05) is 24.1 Å². The molecule has 8 heteroatoms. The van der Waals surface area contributed by atoms with Gasteiger partial charge in [-0.2, -0.15) is 13.2 Å². The van der Waals surface area contributed by atoms with Crippen molar-refractivity contribution in [2.75, 3.05) is 5.73 Å². The highest BCUT2D eigenvalue weighted by atomic mass is 19.4. The Morgan fingerprint density at radius 3 is 2.59 bits per heavy atom. The summed E-state index contributed by atoms with van der Waals surface area (Å²) in [4.78, 5) is 15.4. The molecule has 22 heavy (non-hydrogen) atoms. The number of hydrogen-bond acceptors (Lipinski definition) is 3. The average molecular weight is 308 g/mol. The van der Waals surface area contributed by atoms with Gasteiger partial charge in [-0.3, -0.25) is 4.79 Å². The van der Waals surface area contributed by atoms with Gasteiger partial charge in [-0.1, -0.05) is 6.07 Å². The summed E-state index contributed by atoms with van der Waals surface area (Å²) in [7, 11) is 1.55. The summed E-state index contributed by atoms with van der Waals surface area (Å²) in [6.45, 7) is 0. The van der Waals surface area contributed by atoms with Crippen LogP contribution in [0.4, 0.5) is 19.0 Å². The van der Waals surface area contributed by atoms with E-state index in [-0.39, 0.29) is 11.4 Å². The van der Waals surface area contributed by atoms with Crippen molar-refractivity contribution in [1.29, 1.82) is 0 Å². The van der Waals surface area contributed by atoms with Gasteiger partial charge in [-0.05, 0) is 12.1 Å². The summed E-state index contributed by atoms with van der Waals surface area (Å²) < 4.78 is 40.1. The van der Waals surface area contributed by atoms with E-state index in [4.69, 9.17) is 11.5 Å². The van der Waals surface area contributed by atoms with E-state index in [1.54, 1.807) is 7.05 Å². The topological polar surface area (TPSA) is 86.9 Å². The van der Waals surface area contributed by atoms with Gasteiger partial charge >= 0.3 is 6.18 Å². The van der Waals surface area contributed by atoms with E-state index in [9.17, 15) is 18.0 Å². The van der Waals surface area contributed by atoms with Gasteiger partial charge in [-0.25, -0.2) is 4.98 Å². The predicted molar refractivity (Wildman–Crippen MR) is 76.2 cm³/mol. The number of halogens is 3. The highest BCUT2D eigenvalue weighted by molar-refractivity contribution is 6.18. The van der Waals surface area contributed by atoms with E-state index in [1.807, 2.05) is 0 Å². The molecule has 2 aromatic heterocycles. The molecule has 1 amide bonds. The molecule has 0 atom stereocenters. The van der Waals surface area contributed by atoms with Gasteiger partial charge in [0.05, 0.1) is 22.0 Å². The molecular weight excluding hydrogens is 297 g/mol. The van der Waals surface area contributed by atoms with Gasteiger partial charge in [0.15, 0.2) is 0 Å². The minimum Gasteiger partial charge on any atom is -0.383 e. The zero-order chi connectivity index (χ0) is 16.2. The summed E-state index contributed by atoms with van der Waals surface area (Å²) in [5, 5.41) is 0.904. The number of fused-ring (bicyclic) bond motifs is 3. The molecular formula is C14H11F3N4O. The van der Waals surface area contributed by atoms with Crippen LogP contribution in [0.25, 0.3) is 21.8 Å². The monoisotopic (exact) mass is 308 g/mol. The number of hydrogen-bond donors (Lipinski definition) is 2. The number of carbonyl (C=O) groups excluding carboxylic acids is 1. The maximum atomic E-state index is 12.9. The maximum Gasteiger partial charge on any atom is 0.416 e. The molecule has 4 N–H and O–H groups in total. The molecule has 0 fully saturated rings. The number of carbonyl (C=O) groups is 1. The first-order chi connectivity index (χ1) is 10.2. The Labute approximate surface area is 122 Å². The number of nitrogens with zero attached hydrogens (tertiary/aromatic N) is 2. The van der Waals surface area contributed by atoms with Crippen molar-refractivity contribution >= 4 is 33.5 Å². The molecule has 0 spiro atoms. The van der Waals surface area contributed by atoms with Crippen LogP contribution in [-0.2, 0) is 13.2 Å². The Balaban J connectivity index is 2.51. The molecule has 5 nitrogen and oxygen atoms in total. The summed E-state index contributed by atoms with van der Waals surface area (Å²) in [6, 6.07) is 3.31. The fourth-order valence-corrected chi connectivity index (χ4v) is 2.63. The van der Waals surface area contributed by atoms with E-state index in [1.165, 1.54) is 16.8 Å². The lowest BCUT2D eigenvalue weighted by atomic mass is 10.1. The van der Waals surface area contributed by atoms with Crippen LogP contribution in [0.1, 0.15) is 15.9 Å². The first-order valence-electron chi connectivity index (χ1n) is 6.25. The molecule has 0 aliphatic carbocycles. The van der Waals surface area contributed by atoms with Gasteiger partial charge in [0.2, 0.25) is 0 Å². The molecule has 0 saturated carbocycles. The molecule has 0 bridgehead atoms. The van der Waals surface area contributed by atoms with Crippen LogP contribution in [0.3, 0.4) is 0 Å². The van der Waals surface area contributed by atoms with E-state index in [0.717, 1.165) is 12.1 Å². The lowest BCUT2D eigenvalue weighted by Crippen LogP contribution is -2.13. The third-order valence-corrected chi connectivity index (χ3v) is 3.64. The second-order valence-corrected chi connectivity index (χ2v) is 4.93. The van der Waals surface area contributed by atoms with Crippen molar-refractivity contribution in [1.82, 2.24) is 9.55 Å². The van der Waals surface area contributed by atoms with Crippen LogP contribution in [0.15, 0.2) is 24.4 Å². The van der Waals surface area contributed by atoms with E-state index >= 15 is 0 Å². The minimum atomic E-state index is -4.46. The molecule has 0 aliphatic rings. The number of alkyl halides is 3. The molecule has 0 saturated heterocycles. The van der Waals surface area contributed by atoms with E-state index in [0.29, 0.717) is 21.8 Å². The molecule has 0 aliphatic heterocycles. The smallest absolute Gasteiger partial charge is 0.383 e. The molecule has 3 rings (SSSR count). The van der Waals surface area contributed by atoms with Crippen LogP contribution in [0.2, 0.25) is 0 Å². The van der Waals surface area contributed by atoms with Crippen molar-refractivity contribution in [2.45, 2.75) is 6.18 Å². The minimum absolute atomic E-state index is 0.108. The van der Waals surface area contributed by atoms with Gasteiger partial charge < -0.3 is 16.0 Å². The number of primary amides is 1. The number of aryl methyl sites for hydroxylation is 1. The zero-order valence-electron chi connectivity index (χ0n) is 11.4. The Morgan fingerprint density at radius 1 is 1.32 bits per heavy atom. The second kappa shape index (κ2) is 4.36. The van der Waals surface area contributed by atoms with Crippen LogP contribution in [-0.4, -0.2) is 15.5 Å². The number of aromatic nitrogens is 2. The Hall–Kier alpha value is -2.77. The van der Waals surface area contributed by atoms with Gasteiger partial charge in [-0.15, -0.1) is 0 Å².